The first-order valence-electron chi connectivity index (χ1n) is 28.8. The van der Waals surface area contributed by atoms with Crippen molar-refractivity contribution in [3.63, 3.8) is 0 Å². The molecule has 9 atom stereocenters. The molecule has 0 amide bonds. The molecule has 2 saturated heterocycles. The number of methoxy groups -OCH3 is 2. The summed E-state index contributed by atoms with van der Waals surface area (Å²) in [5.41, 5.74) is -0.831. The van der Waals surface area contributed by atoms with E-state index in [1.54, 1.807) is 6.07 Å². The van der Waals surface area contributed by atoms with Crippen LogP contribution in [0.1, 0.15) is 81.8 Å². The van der Waals surface area contributed by atoms with Crippen LogP contribution in [-0.4, -0.2) is 99.4 Å². The molecule has 0 spiro atoms. The number of phosphoric acid groups is 1. The summed E-state index contributed by atoms with van der Waals surface area (Å²) in [7, 11) is -7.92. The largest absolute Gasteiger partial charge is 0.475 e. The van der Waals surface area contributed by atoms with Gasteiger partial charge in [0.05, 0.1) is 32.0 Å². The molecule has 87 heavy (non-hydrogen) atoms. The number of halogens is 3. The number of hydrogen-bond acceptors (Lipinski definition) is 16. The van der Waals surface area contributed by atoms with Gasteiger partial charge >= 0.3 is 25.4 Å². The molecule has 19 nitrogen and oxygen atoms in total. The Morgan fingerprint density at radius 1 is 0.609 bits per heavy atom. The second kappa shape index (κ2) is 28.0. The second-order valence-corrected chi connectivity index (χ2v) is 35.9. The van der Waals surface area contributed by atoms with Gasteiger partial charge < -0.3 is 37.4 Å². The van der Waals surface area contributed by atoms with Crippen LogP contribution in [0.15, 0.2) is 154 Å². The summed E-state index contributed by atoms with van der Waals surface area (Å²) in [6.45, 7) is 18.9. The quantitative estimate of drug-likeness (QED) is 0.0368. The number of aromatic nitrogens is 4. The van der Waals surface area contributed by atoms with Crippen molar-refractivity contribution in [1.29, 1.82) is 0 Å². The maximum atomic E-state index is 15.9. The highest BCUT2D eigenvalue weighted by Crippen LogP contribution is 2.56. The Labute approximate surface area is 508 Å². The zero-order chi connectivity index (χ0) is 63.1. The SMILES string of the molecule is CO[C@@H]1[C@H](OP(=O)(OCc2ccccc2C(F)(F)F)OC[C@H]2O[C@@H](n3ccc(=O)n(COCc4ccccc4)c3=O)[C@H](OC)[C@@H]2O[Si](C)(C)C(C)(C)C)[C@@H](CO[Si](C)(C)C(C)(C)C)O[C@H]1n1ccc(N(Cc2ccccc2)Cc2ccccc2)nc1=O. The van der Waals surface area contributed by atoms with Gasteiger partial charge in [-0.2, -0.15) is 18.2 Å². The lowest BCUT2D eigenvalue weighted by atomic mass is 10.1. The minimum Gasteiger partial charge on any atom is -0.414 e. The Bertz CT molecular complexity index is 3420. The van der Waals surface area contributed by atoms with Crippen molar-refractivity contribution < 1.29 is 63.8 Å². The van der Waals surface area contributed by atoms with Crippen molar-refractivity contribution in [2.24, 2.45) is 0 Å². The van der Waals surface area contributed by atoms with E-state index in [1.165, 1.54) is 60.0 Å². The summed E-state index contributed by atoms with van der Waals surface area (Å²) in [6.07, 6.45) is -12.0. The fourth-order valence-corrected chi connectivity index (χ4v) is 13.4. The molecule has 0 radical (unpaired) electrons. The first-order valence-corrected chi connectivity index (χ1v) is 36.1. The topological polar surface area (TPSA) is 192 Å². The maximum Gasteiger partial charge on any atom is 0.475 e. The smallest absolute Gasteiger partial charge is 0.414 e. The molecule has 0 saturated carbocycles. The average molecular weight is 1260 g/mol. The molecule has 25 heteroatoms. The highest BCUT2D eigenvalue weighted by atomic mass is 31.2. The first kappa shape index (κ1) is 67.2. The highest BCUT2D eigenvalue weighted by Gasteiger charge is 2.55. The van der Waals surface area contributed by atoms with E-state index in [2.05, 4.69) is 4.98 Å². The second-order valence-electron chi connectivity index (χ2n) is 24.7. The molecule has 2 fully saturated rings. The zero-order valence-electron chi connectivity index (χ0n) is 51.4. The standard InChI is InChI=1S/C62H81F3N5O14PSi2/c1-60(2,3)86(9,10)80-41-49-52(54(75-7)56(82-49)68-34-32-50(66-58(68)72)67(36-43-24-16-13-17-25-43)37-44-26-18-14-19-27-44)83-85(74,78-39-46-30-22-23-31-47(46)62(63,64)65)79-40-48-53(84-87(11,12)61(4,5)6)55(76-8)57(81-48)69-35-33-51(71)70(59(69)73)42-77-38-45-28-20-15-21-29-45/h13-35,48-49,52-57H,36-42H2,1-12H3/t48-,49-,52-,53-,54-,55-,56-,57-,85?/m1/s1. The Kier molecular flexibility index (Phi) is 21.6. The number of rotatable bonds is 26. The summed E-state index contributed by atoms with van der Waals surface area (Å²) in [6, 6.07) is 36.2. The van der Waals surface area contributed by atoms with Crippen LogP contribution in [-0.2, 0) is 89.9 Å². The normalized spacial score (nSPS) is 21.9. The minimum absolute atomic E-state index is 0.103. The lowest BCUT2D eigenvalue weighted by Crippen LogP contribution is -2.50. The van der Waals surface area contributed by atoms with Crippen molar-refractivity contribution in [3.8, 4) is 0 Å². The molecule has 2 aromatic heterocycles. The fourth-order valence-electron chi connectivity index (χ4n) is 9.68. The van der Waals surface area contributed by atoms with Crippen LogP contribution < -0.4 is 21.8 Å². The van der Waals surface area contributed by atoms with E-state index < -0.39 is 127 Å². The lowest BCUT2D eigenvalue weighted by Gasteiger charge is -2.40. The van der Waals surface area contributed by atoms with Crippen LogP contribution in [0.5, 0.6) is 0 Å². The number of hydrogen-bond donors (Lipinski definition) is 0. The average Bonchev–Trinajstić information content (AvgIpc) is 1.85. The van der Waals surface area contributed by atoms with Crippen molar-refractivity contribution in [2.45, 2.75) is 166 Å². The number of nitrogens with zero attached hydrogens (tertiary/aromatic N) is 5. The summed E-state index contributed by atoms with van der Waals surface area (Å²) in [5.74, 6) is 0.370. The molecule has 4 heterocycles. The predicted molar refractivity (Wildman–Crippen MR) is 327 cm³/mol. The van der Waals surface area contributed by atoms with Gasteiger partial charge in [0.25, 0.3) is 5.56 Å². The predicted octanol–water partition coefficient (Wildman–Crippen LogP) is 11.6. The van der Waals surface area contributed by atoms with Crippen LogP contribution in [0, 0.1) is 0 Å². The summed E-state index contributed by atoms with van der Waals surface area (Å²) in [5, 5.41) is -0.711. The Balaban J connectivity index is 1.16. The van der Waals surface area contributed by atoms with Gasteiger partial charge in [0.15, 0.2) is 29.1 Å². The number of ether oxygens (including phenoxy) is 5. The summed E-state index contributed by atoms with van der Waals surface area (Å²) in [4.78, 5) is 48.8. The van der Waals surface area contributed by atoms with Gasteiger partial charge in [-0.3, -0.25) is 27.5 Å². The van der Waals surface area contributed by atoms with E-state index in [0.29, 0.717) is 18.9 Å². The number of phosphoric ester groups is 1. The molecule has 4 aromatic carbocycles. The van der Waals surface area contributed by atoms with Crippen molar-refractivity contribution in [3.05, 3.63) is 199 Å². The molecule has 0 bridgehead atoms. The minimum atomic E-state index is -5.23. The molecule has 0 N–H and O–H groups in total. The lowest BCUT2D eigenvalue weighted by molar-refractivity contribution is -0.138. The monoisotopic (exact) mass is 1260 g/mol. The zero-order valence-corrected chi connectivity index (χ0v) is 54.3. The third-order valence-corrected chi connectivity index (χ3v) is 27.0. The van der Waals surface area contributed by atoms with Crippen LogP contribution in [0.3, 0.4) is 0 Å². The number of benzene rings is 4. The Hall–Kier alpha value is -5.71. The third kappa shape index (κ3) is 16.4. The molecule has 2 aliphatic heterocycles. The maximum absolute atomic E-state index is 15.9. The van der Waals surface area contributed by atoms with E-state index in [9.17, 15) is 27.6 Å². The van der Waals surface area contributed by atoms with Gasteiger partial charge in [0.2, 0.25) is 0 Å². The summed E-state index contributed by atoms with van der Waals surface area (Å²) < 4.78 is 127. The van der Waals surface area contributed by atoms with E-state index in [-0.39, 0.29) is 23.8 Å². The van der Waals surface area contributed by atoms with Gasteiger partial charge in [-0.15, -0.1) is 0 Å². The van der Waals surface area contributed by atoms with Gasteiger partial charge in [-0.25, -0.2) is 18.7 Å². The third-order valence-electron chi connectivity index (χ3n) is 16.7. The number of alkyl halides is 3. The van der Waals surface area contributed by atoms with E-state index in [0.717, 1.165) is 27.3 Å². The first-order chi connectivity index (χ1) is 41.0. The van der Waals surface area contributed by atoms with Crippen LogP contribution >= 0.6 is 7.82 Å². The summed E-state index contributed by atoms with van der Waals surface area (Å²) >= 11 is 0. The van der Waals surface area contributed by atoms with E-state index >= 15 is 4.57 Å². The van der Waals surface area contributed by atoms with Crippen molar-refractivity contribution >= 4 is 30.3 Å². The molecule has 6 aromatic rings. The van der Waals surface area contributed by atoms with Crippen LogP contribution in [0.4, 0.5) is 19.0 Å². The number of anilines is 1. The van der Waals surface area contributed by atoms with Crippen LogP contribution in [0.2, 0.25) is 36.3 Å². The van der Waals surface area contributed by atoms with Gasteiger partial charge in [-0.05, 0) is 70.7 Å². The molecule has 2 aliphatic rings. The van der Waals surface area contributed by atoms with Gasteiger partial charge in [-0.1, -0.05) is 151 Å². The van der Waals surface area contributed by atoms with Gasteiger partial charge in [0.1, 0.15) is 49.2 Å². The van der Waals surface area contributed by atoms with Crippen molar-refractivity contribution in [2.75, 3.05) is 32.3 Å². The molecular weight excluding hydrogens is 1180 g/mol. The van der Waals surface area contributed by atoms with E-state index in [1.807, 2.05) is 164 Å². The Morgan fingerprint density at radius 3 is 1.68 bits per heavy atom. The Morgan fingerprint density at radius 2 is 1.13 bits per heavy atom. The van der Waals surface area contributed by atoms with Gasteiger partial charge in [0, 0.05) is 45.8 Å². The van der Waals surface area contributed by atoms with E-state index in [4.69, 9.17) is 46.1 Å². The molecule has 8 rings (SSSR count). The molecule has 1 unspecified atom stereocenters. The molecule has 0 aliphatic carbocycles. The molecule has 472 valence electrons. The van der Waals surface area contributed by atoms with Crippen molar-refractivity contribution in [1.82, 2.24) is 18.7 Å². The molecular formula is C62H81F3N5O14PSi2. The highest BCUT2D eigenvalue weighted by molar-refractivity contribution is 7.48. The fraction of sp³-hybridized carbons (Fsp3) is 0.484. The van der Waals surface area contributed by atoms with Crippen LogP contribution in [0.25, 0.3) is 0 Å².